The van der Waals surface area contributed by atoms with Crippen molar-refractivity contribution in [2.75, 3.05) is 30.7 Å². The molecule has 3 aromatic rings. The number of carbonyl (C=O) groups is 2. The van der Waals surface area contributed by atoms with Crippen LogP contribution in [-0.2, 0) is 40.9 Å². The fourth-order valence-electron chi connectivity index (χ4n) is 4.95. The van der Waals surface area contributed by atoms with Gasteiger partial charge in [-0.05, 0) is 56.0 Å². The van der Waals surface area contributed by atoms with E-state index < -0.39 is 49.7 Å². The molecule has 49 heavy (non-hydrogen) atoms. The first kappa shape index (κ1) is 39.3. The summed E-state index contributed by atoms with van der Waals surface area (Å²) >= 11 is 0. The predicted molar refractivity (Wildman–Crippen MR) is 188 cm³/mol. The van der Waals surface area contributed by atoms with E-state index in [-0.39, 0.29) is 48.6 Å². The molecule has 0 aliphatic carbocycles. The van der Waals surface area contributed by atoms with Crippen molar-refractivity contribution in [3.05, 3.63) is 90.0 Å². The third-order valence-electron chi connectivity index (χ3n) is 6.97. The molecule has 0 heterocycles. The summed E-state index contributed by atoms with van der Waals surface area (Å²) in [6.45, 7) is 9.94. The fourth-order valence-corrected chi connectivity index (χ4v) is 7.16. The molecule has 12 nitrogen and oxygen atoms in total. The van der Waals surface area contributed by atoms with Gasteiger partial charge in [0.2, 0.25) is 20.0 Å². The second-order valence-corrected chi connectivity index (χ2v) is 16.8. The standard InChI is InChI=1S/C35H47N3O9S2/c1-25(2)21-38(22-30(28-16-12-9-13-17-28)32(24-45-26(3)39)36-34(40)47-35(4,5)6)49(43,44)29-18-19-33(31(20-29)37-48(7,41)42)46-23-27-14-10-8-11-15-27/h8-20,25,30,32,37H,21-24H2,1-7H3,(H,36,40). The Kier molecular flexibility index (Phi) is 13.6. The summed E-state index contributed by atoms with van der Waals surface area (Å²) in [4.78, 5) is 24.7. The number of carbonyl (C=O) groups excluding carboxylic acids is 2. The van der Waals surface area contributed by atoms with Gasteiger partial charge in [0, 0.05) is 25.9 Å². The van der Waals surface area contributed by atoms with Crippen molar-refractivity contribution in [2.24, 2.45) is 5.92 Å². The van der Waals surface area contributed by atoms with Crippen LogP contribution in [0, 0.1) is 5.92 Å². The van der Waals surface area contributed by atoms with Crippen molar-refractivity contribution in [2.45, 2.75) is 70.6 Å². The van der Waals surface area contributed by atoms with Crippen molar-refractivity contribution < 1.29 is 40.6 Å². The van der Waals surface area contributed by atoms with Gasteiger partial charge in [0.15, 0.2) is 0 Å². The number of sulfonamides is 2. The molecular formula is C35H47N3O9S2. The highest BCUT2D eigenvalue weighted by molar-refractivity contribution is 7.92. The molecule has 0 radical (unpaired) electrons. The number of nitrogens with zero attached hydrogens (tertiary/aromatic N) is 1. The Morgan fingerprint density at radius 2 is 1.49 bits per heavy atom. The molecule has 268 valence electrons. The van der Waals surface area contributed by atoms with Crippen LogP contribution in [0.4, 0.5) is 10.5 Å². The normalized spacial score (nSPS) is 13.4. The molecule has 0 spiro atoms. The zero-order chi connectivity index (χ0) is 36.4. The molecule has 14 heteroatoms. The molecule has 3 aromatic carbocycles. The number of alkyl carbamates (subject to hydrolysis) is 1. The number of hydrogen-bond acceptors (Lipinski definition) is 9. The van der Waals surface area contributed by atoms with E-state index in [0.717, 1.165) is 11.8 Å². The van der Waals surface area contributed by atoms with Crippen LogP contribution in [0.1, 0.15) is 58.6 Å². The minimum absolute atomic E-state index is 0.0389. The lowest BCUT2D eigenvalue weighted by Gasteiger charge is -2.34. The summed E-state index contributed by atoms with van der Waals surface area (Å²) in [6, 6.07) is 21.4. The second-order valence-electron chi connectivity index (χ2n) is 13.1. The number of amides is 1. The second kappa shape index (κ2) is 17.0. The van der Waals surface area contributed by atoms with Crippen LogP contribution in [-0.4, -0.2) is 70.8 Å². The topological polar surface area (TPSA) is 157 Å². The predicted octanol–water partition coefficient (Wildman–Crippen LogP) is 5.52. The van der Waals surface area contributed by atoms with Crippen LogP contribution in [0.25, 0.3) is 0 Å². The van der Waals surface area contributed by atoms with Crippen molar-refractivity contribution in [1.82, 2.24) is 9.62 Å². The number of rotatable bonds is 16. The van der Waals surface area contributed by atoms with Crippen LogP contribution < -0.4 is 14.8 Å². The highest BCUT2D eigenvalue weighted by Gasteiger charge is 2.35. The Balaban J connectivity index is 2.08. The van der Waals surface area contributed by atoms with E-state index in [1.165, 1.54) is 29.4 Å². The minimum atomic E-state index is -4.29. The molecule has 0 aliphatic rings. The van der Waals surface area contributed by atoms with Gasteiger partial charge >= 0.3 is 12.1 Å². The molecule has 0 aromatic heterocycles. The summed E-state index contributed by atoms with van der Waals surface area (Å²) in [6.07, 6.45) is 0.206. The molecular weight excluding hydrogens is 671 g/mol. The Hall–Kier alpha value is -4.14. The van der Waals surface area contributed by atoms with Gasteiger partial charge < -0.3 is 19.5 Å². The lowest BCUT2D eigenvalue weighted by molar-refractivity contribution is -0.141. The first-order chi connectivity index (χ1) is 22.8. The summed E-state index contributed by atoms with van der Waals surface area (Å²) < 4.78 is 74.0. The van der Waals surface area contributed by atoms with Gasteiger partial charge in [-0.1, -0.05) is 74.5 Å². The maximum atomic E-state index is 14.5. The average Bonchev–Trinajstić information content (AvgIpc) is 2.99. The third kappa shape index (κ3) is 13.0. The molecule has 3 rings (SSSR count). The van der Waals surface area contributed by atoms with Crippen molar-refractivity contribution in [3.8, 4) is 5.75 Å². The number of nitrogens with one attached hydrogen (secondary N) is 2. The first-order valence-corrected chi connectivity index (χ1v) is 19.1. The SMILES string of the molecule is CC(=O)OCC(NC(=O)OC(C)(C)C)C(CN(CC(C)C)S(=O)(=O)c1ccc(OCc2ccccc2)c(NS(C)(=O)=O)c1)c1ccccc1. The summed E-state index contributed by atoms with van der Waals surface area (Å²) in [7, 11) is -8.11. The molecule has 0 saturated heterocycles. The van der Waals surface area contributed by atoms with Crippen LogP contribution in [0.5, 0.6) is 5.75 Å². The highest BCUT2D eigenvalue weighted by Crippen LogP contribution is 2.32. The maximum absolute atomic E-state index is 14.5. The van der Waals surface area contributed by atoms with Gasteiger partial charge in [-0.2, -0.15) is 4.31 Å². The zero-order valence-corrected chi connectivity index (χ0v) is 30.6. The lowest BCUT2D eigenvalue weighted by atomic mass is 9.91. The minimum Gasteiger partial charge on any atom is -0.487 e. The lowest BCUT2D eigenvalue weighted by Crippen LogP contribution is -2.49. The van der Waals surface area contributed by atoms with Crippen molar-refractivity contribution in [1.29, 1.82) is 0 Å². The first-order valence-electron chi connectivity index (χ1n) is 15.8. The molecule has 0 aliphatic heterocycles. The van der Waals surface area contributed by atoms with E-state index in [2.05, 4.69) is 10.0 Å². The number of anilines is 1. The van der Waals surface area contributed by atoms with E-state index in [0.29, 0.717) is 5.56 Å². The molecule has 1 amide bonds. The Bertz CT molecular complexity index is 1760. The Labute approximate surface area is 290 Å². The van der Waals surface area contributed by atoms with Gasteiger partial charge in [-0.3, -0.25) is 9.52 Å². The van der Waals surface area contributed by atoms with Crippen LogP contribution in [0.3, 0.4) is 0 Å². The number of ether oxygens (including phenoxy) is 3. The van der Waals surface area contributed by atoms with Crippen molar-refractivity contribution >= 4 is 37.8 Å². The molecule has 0 bridgehead atoms. The Morgan fingerprint density at radius 1 is 0.878 bits per heavy atom. The summed E-state index contributed by atoms with van der Waals surface area (Å²) in [5.74, 6) is -1.26. The van der Waals surface area contributed by atoms with Gasteiger partial charge in [0.25, 0.3) is 0 Å². The summed E-state index contributed by atoms with van der Waals surface area (Å²) in [5.41, 5.74) is 0.662. The zero-order valence-electron chi connectivity index (χ0n) is 29.0. The van der Waals surface area contributed by atoms with E-state index in [1.807, 2.05) is 50.2 Å². The average molecular weight is 718 g/mol. The van der Waals surface area contributed by atoms with E-state index in [4.69, 9.17) is 14.2 Å². The van der Waals surface area contributed by atoms with Gasteiger partial charge in [0.05, 0.1) is 22.9 Å². The van der Waals surface area contributed by atoms with Crippen LogP contribution >= 0.6 is 0 Å². The number of esters is 1. The van der Waals surface area contributed by atoms with Crippen LogP contribution in [0.2, 0.25) is 0 Å². The maximum Gasteiger partial charge on any atom is 0.408 e. The largest absolute Gasteiger partial charge is 0.487 e. The molecule has 0 fully saturated rings. The van der Waals surface area contributed by atoms with Gasteiger partial charge in [0.1, 0.15) is 24.6 Å². The quantitative estimate of drug-likeness (QED) is 0.182. The molecule has 2 N–H and O–H groups in total. The van der Waals surface area contributed by atoms with E-state index >= 15 is 0 Å². The number of benzene rings is 3. The fraction of sp³-hybridized carbons (Fsp3) is 0.429. The highest BCUT2D eigenvalue weighted by atomic mass is 32.2. The van der Waals surface area contributed by atoms with E-state index in [1.54, 1.807) is 45.0 Å². The summed E-state index contributed by atoms with van der Waals surface area (Å²) in [5, 5.41) is 2.79. The number of hydrogen-bond donors (Lipinski definition) is 2. The smallest absolute Gasteiger partial charge is 0.408 e. The molecule has 2 atom stereocenters. The van der Waals surface area contributed by atoms with Crippen molar-refractivity contribution in [3.63, 3.8) is 0 Å². The van der Waals surface area contributed by atoms with Gasteiger partial charge in [-0.15, -0.1) is 0 Å². The van der Waals surface area contributed by atoms with Crippen LogP contribution in [0.15, 0.2) is 83.8 Å². The third-order valence-corrected chi connectivity index (χ3v) is 9.39. The monoisotopic (exact) mass is 717 g/mol. The molecule has 2 unspecified atom stereocenters. The Morgan fingerprint density at radius 3 is 2.04 bits per heavy atom. The van der Waals surface area contributed by atoms with E-state index in [9.17, 15) is 26.4 Å². The molecule has 0 saturated carbocycles. The van der Waals surface area contributed by atoms with Gasteiger partial charge in [-0.25, -0.2) is 21.6 Å².